The Hall–Kier alpha value is -8.72. The first-order chi connectivity index (χ1) is 32.7. The lowest BCUT2D eigenvalue weighted by Crippen LogP contribution is -2.10. The summed E-state index contributed by atoms with van der Waals surface area (Å²) < 4.78 is 6.39. The molecular weight excluding hydrogens is 799 g/mol. The average molecular weight is 840 g/mol. The summed E-state index contributed by atoms with van der Waals surface area (Å²) >= 11 is 0. The van der Waals surface area contributed by atoms with Crippen molar-refractivity contribution in [2.24, 2.45) is 0 Å². The second-order valence-electron chi connectivity index (χ2n) is 17.2. The van der Waals surface area contributed by atoms with Gasteiger partial charge in [0.05, 0.1) is 5.69 Å². The van der Waals surface area contributed by atoms with Crippen molar-refractivity contribution >= 4 is 82.1 Å². The van der Waals surface area contributed by atoms with E-state index in [2.05, 4.69) is 241 Å². The molecule has 0 saturated carbocycles. The molecule has 13 rings (SSSR count). The number of fused-ring (bicyclic) bond motifs is 8. The molecule has 0 radical (unpaired) electrons. The molecule has 12 aromatic carbocycles. The number of hydrogen-bond donors (Lipinski definition) is 0. The molecule has 13 aromatic rings. The third kappa shape index (κ3) is 6.34. The number of furan rings is 1. The summed E-state index contributed by atoms with van der Waals surface area (Å²) in [5.41, 5.74) is 14.5. The Morgan fingerprint density at radius 2 is 0.727 bits per heavy atom. The van der Waals surface area contributed by atoms with E-state index in [4.69, 9.17) is 4.42 Å². The van der Waals surface area contributed by atoms with Gasteiger partial charge < -0.3 is 9.32 Å². The van der Waals surface area contributed by atoms with Gasteiger partial charge in [-0.25, -0.2) is 0 Å². The third-order valence-electron chi connectivity index (χ3n) is 13.4. The molecule has 0 N–H and O–H groups in total. The molecule has 2 heteroatoms. The molecule has 0 spiro atoms. The predicted octanol–water partition coefficient (Wildman–Crippen LogP) is 18.3. The van der Waals surface area contributed by atoms with Gasteiger partial charge in [-0.2, -0.15) is 0 Å². The summed E-state index contributed by atoms with van der Waals surface area (Å²) in [6.45, 7) is 0. The molecule has 0 atom stereocenters. The fourth-order valence-electron chi connectivity index (χ4n) is 10.2. The van der Waals surface area contributed by atoms with E-state index in [1.165, 1.54) is 65.3 Å². The Balaban J connectivity index is 0.902. The monoisotopic (exact) mass is 839 g/mol. The van der Waals surface area contributed by atoms with Crippen molar-refractivity contribution in [1.82, 2.24) is 0 Å². The predicted molar refractivity (Wildman–Crippen MR) is 280 cm³/mol. The molecule has 2 nitrogen and oxygen atoms in total. The summed E-state index contributed by atoms with van der Waals surface area (Å²) in [6, 6.07) is 90.3. The van der Waals surface area contributed by atoms with Gasteiger partial charge in [-0.1, -0.05) is 200 Å². The maximum atomic E-state index is 6.39. The normalized spacial score (nSPS) is 11.6. The van der Waals surface area contributed by atoms with E-state index in [9.17, 15) is 0 Å². The Labute approximate surface area is 382 Å². The highest BCUT2D eigenvalue weighted by Crippen LogP contribution is 2.44. The zero-order valence-electron chi connectivity index (χ0n) is 36.0. The number of hydrogen-bond acceptors (Lipinski definition) is 2. The van der Waals surface area contributed by atoms with Crippen molar-refractivity contribution in [3.05, 3.63) is 249 Å². The molecule has 0 bridgehead atoms. The quantitative estimate of drug-likeness (QED) is 0.149. The largest absolute Gasteiger partial charge is 0.455 e. The van der Waals surface area contributed by atoms with Crippen LogP contribution in [-0.4, -0.2) is 0 Å². The van der Waals surface area contributed by atoms with Crippen LogP contribution in [0.25, 0.3) is 110 Å². The van der Waals surface area contributed by atoms with Crippen molar-refractivity contribution in [1.29, 1.82) is 0 Å². The molecule has 0 amide bonds. The highest BCUT2D eigenvalue weighted by molar-refractivity contribution is 6.15. The van der Waals surface area contributed by atoms with Crippen LogP contribution in [0.4, 0.5) is 17.1 Å². The third-order valence-corrected chi connectivity index (χ3v) is 13.4. The second-order valence-corrected chi connectivity index (χ2v) is 17.2. The molecular formula is C64H41NO. The number of benzene rings is 12. The van der Waals surface area contributed by atoms with Crippen LogP contribution in [-0.2, 0) is 0 Å². The van der Waals surface area contributed by atoms with Gasteiger partial charge in [0.15, 0.2) is 0 Å². The molecule has 308 valence electrons. The first kappa shape index (κ1) is 37.8. The number of para-hydroxylation sites is 2. The van der Waals surface area contributed by atoms with E-state index >= 15 is 0 Å². The van der Waals surface area contributed by atoms with Crippen LogP contribution in [0.15, 0.2) is 253 Å². The van der Waals surface area contributed by atoms with Crippen molar-refractivity contribution in [2.45, 2.75) is 0 Å². The van der Waals surface area contributed by atoms with Crippen LogP contribution in [0.1, 0.15) is 0 Å². The SMILES string of the molecule is c1ccc2c(-c3cc(-c4ccc(N(c5ccc(-c6ccc(-c7cccc8c7oc7ccccc78)cc6)cc5)c5cc6ccccc6c6ccccc56)cc4)cc4ccccc34)cccc2c1. The second kappa shape index (κ2) is 15.5. The summed E-state index contributed by atoms with van der Waals surface area (Å²) in [7, 11) is 0. The maximum absolute atomic E-state index is 6.39. The van der Waals surface area contributed by atoms with Crippen molar-refractivity contribution in [2.75, 3.05) is 4.90 Å². The van der Waals surface area contributed by atoms with E-state index in [1.54, 1.807) is 0 Å². The number of nitrogens with zero attached hydrogens (tertiary/aromatic N) is 1. The molecule has 0 unspecified atom stereocenters. The minimum Gasteiger partial charge on any atom is -0.455 e. The summed E-state index contributed by atoms with van der Waals surface area (Å²) in [5, 5.41) is 12.2. The standard InChI is InChI=1S/C64H41NO/c1-4-17-52-45(13-1)16-11-24-57(52)61-40-49(39-47-14-2-6-19-54(47)61)44-33-37-51(38-34-44)65(62-41-48-15-3-5-18-53(48)56-20-7-8-21-58(56)62)50-35-31-43(32-36-50)42-27-29-46(30-28-42)55-23-12-25-60-59-22-9-10-26-63(59)66-64(55)60/h1-41H. The summed E-state index contributed by atoms with van der Waals surface area (Å²) in [5.74, 6) is 0. The first-order valence-corrected chi connectivity index (χ1v) is 22.7. The number of rotatable bonds is 7. The molecule has 0 aliphatic carbocycles. The molecule has 0 aliphatic rings. The van der Waals surface area contributed by atoms with Crippen LogP contribution in [0.5, 0.6) is 0 Å². The van der Waals surface area contributed by atoms with Crippen LogP contribution in [0.2, 0.25) is 0 Å². The zero-order chi connectivity index (χ0) is 43.6. The minimum atomic E-state index is 0.912. The van der Waals surface area contributed by atoms with Crippen LogP contribution in [0, 0.1) is 0 Å². The van der Waals surface area contributed by atoms with E-state index in [1.807, 2.05) is 12.1 Å². The van der Waals surface area contributed by atoms with E-state index in [0.29, 0.717) is 0 Å². The Kier molecular flexibility index (Phi) is 8.89. The van der Waals surface area contributed by atoms with Gasteiger partial charge in [0.2, 0.25) is 0 Å². The molecule has 1 heterocycles. The molecule has 66 heavy (non-hydrogen) atoms. The summed E-state index contributed by atoms with van der Waals surface area (Å²) in [4.78, 5) is 2.42. The highest BCUT2D eigenvalue weighted by Gasteiger charge is 2.19. The lowest BCUT2D eigenvalue weighted by molar-refractivity contribution is 0.670. The lowest BCUT2D eigenvalue weighted by atomic mass is 9.90. The topological polar surface area (TPSA) is 16.4 Å². The average Bonchev–Trinajstić information content (AvgIpc) is 3.78. The van der Waals surface area contributed by atoms with Gasteiger partial charge in [-0.3, -0.25) is 0 Å². The zero-order valence-corrected chi connectivity index (χ0v) is 36.0. The lowest BCUT2D eigenvalue weighted by Gasteiger charge is -2.28. The van der Waals surface area contributed by atoms with Gasteiger partial charge in [0.25, 0.3) is 0 Å². The van der Waals surface area contributed by atoms with Crippen LogP contribution in [0.3, 0.4) is 0 Å². The van der Waals surface area contributed by atoms with Crippen LogP contribution < -0.4 is 4.90 Å². The fraction of sp³-hybridized carbons (Fsp3) is 0. The van der Waals surface area contributed by atoms with E-state index in [0.717, 1.165) is 61.3 Å². The van der Waals surface area contributed by atoms with Crippen molar-refractivity contribution in [3.8, 4) is 44.5 Å². The van der Waals surface area contributed by atoms with Crippen LogP contribution >= 0.6 is 0 Å². The Morgan fingerprint density at radius 1 is 0.258 bits per heavy atom. The van der Waals surface area contributed by atoms with Gasteiger partial charge in [0, 0.05) is 33.1 Å². The number of anilines is 3. The first-order valence-electron chi connectivity index (χ1n) is 22.7. The Bertz CT molecular complexity index is 3970. The fourth-order valence-corrected chi connectivity index (χ4v) is 10.2. The summed E-state index contributed by atoms with van der Waals surface area (Å²) in [6.07, 6.45) is 0. The molecule has 0 saturated heterocycles. The van der Waals surface area contributed by atoms with Gasteiger partial charge >= 0.3 is 0 Å². The minimum absolute atomic E-state index is 0.912. The van der Waals surface area contributed by atoms with E-state index in [-0.39, 0.29) is 0 Å². The van der Waals surface area contributed by atoms with Gasteiger partial charge in [-0.05, 0) is 125 Å². The molecule has 0 fully saturated rings. The smallest absolute Gasteiger partial charge is 0.143 e. The van der Waals surface area contributed by atoms with E-state index < -0.39 is 0 Å². The molecule has 1 aromatic heterocycles. The molecule has 0 aliphatic heterocycles. The Morgan fingerprint density at radius 3 is 1.44 bits per heavy atom. The maximum Gasteiger partial charge on any atom is 0.143 e. The highest BCUT2D eigenvalue weighted by atomic mass is 16.3. The van der Waals surface area contributed by atoms with Crippen molar-refractivity contribution < 1.29 is 4.42 Å². The van der Waals surface area contributed by atoms with Gasteiger partial charge in [0.1, 0.15) is 11.2 Å². The van der Waals surface area contributed by atoms with Crippen molar-refractivity contribution in [3.63, 3.8) is 0 Å². The van der Waals surface area contributed by atoms with Gasteiger partial charge in [-0.15, -0.1) is 0 Å².